The molecule has 0 aliphatic carbocycles. The number of carboxylic acid groups (broad SMARTS) is 1. The van der Waals surface area contributed by atoms with Crippen LogP contribution in [0.25, 0.3) is 0 Å². The molecule has 2 N–H and O–H groups in total. The maximum absolute atomic E-state index is 12.3. The van der Waals surface area contributed by atoms with E-state index in [1.54, 1.807) is 18.2 Å². The average Bonchev–Trinajstić information content (AvgIpc) is 2.91. The SMILES string of the molecule is O=C(O)C[C@H](NS(=O)(=O)c1ccc(Br)cc1)c1ccco1. The summed E-state index contributed by atoms with van der Waals surface area (Å²) in [5.74, 6) is -0.881. The second kappa shape index (κ2) is 6.42. The summed E-state index contributed by atoms with van der Waals surface area (Å²) in [7, 11) is -3.84. The number of nitrogens with one attached hydrogen (secondary N) is 1. The summed E-state index contributed by atoms with van der Waals surface area (Å²) in [6.45, 7) is 0. The Bertz CT molecular complexity index is 710. The highest BCUT2D eigenvalue weighted by molar-refractivity contribution is 9.10. The Kier molecular flexibility index (Phi) is 4.81. The number of hydrogen-bond donors (Lipinski definition) is 2. The second-order valence-electron chi connectivity index (χ2n) is 4.24. The molecule has 2 aromatic rings. The Balaban J connectivity index is 2.27. The first-order valence-electron chi connectivity index (χ1n) is 5.91. The molecule has 6 nitrogen and oxygen atoms in total. The summed E-state index contributed by atoms with van der Waals surface area (Å²) < 4.78 is 32.7. The minimum absolute atomic E-state index is 0.0487. The fourth-order valence-corrected chi connectivity index (χ4v) is 3.20. The van der Waals surface area contributed by atoms with Crippen molar-refractivity contribution in [1.82, 2.24) is 4.72 Å². The quantitative estimate of drug-likeness (QED) is 0.810. The molecule has 8 heteroatoms. The van der Waals surface area contributed by atoms with Crippen LogP contribution in [0.2, 0.25) is 0 Å². The maximum atomic E-state index is 12.3. The van der Waals surface area contributed by atoms with Crippen LogP contribution in [0.5, 0.6) is 0 Å². The zero-order valence-corrected chi connectivity index (χ0v) is 13.1. The van der Waals surface area contributed by atoms with Crippen LogP contribution in [0.3, 0.4) is 0 Å². The van der Waals surface area contributed by atoms with Crippen molar-refractivity contribution in [2.45, 2.75) is 17.4 Å². The van der Waals surface area contributed by atoms with E-state index in [2.05, 4.69) is 20.7 Å². The van der Waals surface area contributed by atoms with Crippen molar-refractivity contribution in [1.29, 1.82) is 0 Å². The maximum Gasteiger partial charge on any atom is 0.305 e. The van der Waals surface area contributed by atoms with Crippen molar-refractivity contribution >= 4 is 31.9 Å². The van der Waals surface area contributed by atoms with Crippen LogP contribution in [-0.2, 0) is 14.8 Å². The predicted molar refractivity (Wildman–Crippen MR) is 78.2 cm³/mol. The minimum Gasteiger partial charge on any atom is -0.481 e. The van der Waals surface area contributed by atoms with Crippen LogP contribution in [0.15, 0.2) is 56.4 Å². The lowest BCUT2D eigenvalue weighted by Gasteiger charge is -2.15. The molecule has 112 valence electrons. The first-order valence-corrected chi connectivity index (χ1v) is 8.19. The van der Waals surface area contributed by atoms with Gasteiger partial charge in [0.2, 0.25) is 10.0 Å². The highest BCUT2D eigenvalue weighted by Gasteiger charge is 2.25. The second-order valence-corrected chi connectivity index (χ2v) is 6.87. The van der Waals surface area contributed by atoms with Gasteiger partial charge in [0.05, 0.1) is 23.6 Å². The number of aliphatic carboxylic acids is 1. The molecular weight excluding hydrogens is 362 g/mol. The van der Waals surface area contributed by atoms with Crippen LogP contribution in [-0.4, -0.2) is 19.5 Å². The van der Waals surface area contributed by atoms with Gasteiger partial charge in [0.25, 0.3) is 0 Å². The van der Waals surface area contributed by atoms with Crippen LogP contribution in [0.1, 0.15) is 18.2 Å². The Morgan fingerprint density at radius 3 is 2.48 bits per heavy atom. The summed E-state index contributed by atoms with van der Waals surface area (Å²) in [6.07, 6.45) is 0.946. The molecule has 1 heterocycles. The Morgan fingerprint density at radius 2 is 1.95 bits per heavy atom. The van der Waals surface area contributed by atoms with Crippen LogP contribution < -0.4 is 4.72 Å². The Morgan fingerprint density at radius 1 is 1.29 bits per heavy atom. The van der Waals surface area contributed by atoms with Crippen LogP contribution in [0.4, 0.5) is 0 Å². The molecule has 0 spiro atoms. The van der Waals surface area contributed by atoms with E-state index >= 15 is 0 Å². The van der Waals surface area contributed by atoms with E-state index in [0.717, 1.165) is 4.47 Å². The molecular formula is C13H12BrNO5S. The van der Waals surface area contributed by atoms with Gasteiger partial charge in [-0.3, -0.25) is 4.79 Å². The van der Waals surface area contributed by atoms with Gasteiger partial charge >= 0.3 is 5.97 Å². The van der Waals surface area contributed by atoms with Gasteiger partial charge in [-0.1, -0.05) is 15.9 Å². The summed E-state index contributed by atoms with van der Waals surface area (Å²) in [5, 5.41) is 8.90. The molecule has 0 aliphatic rings. The van der Waals surface area contributed by atoms with E-state index in [1.165, 1.54) is 24.5 Å². The molecule has 0 amide bonds. The molecule has 1 aromatic heterocycles. The molecule has 0 radical (unpaired) electrons. The first-order chi connectivity index (χ1) is 9.88. The fraction of sp³-hybridized carbons (Fsp3) is 0.154. The predicted octanol–water partition coefficient (Wildman–Crippen LogP) is 2.54. The van der Waals surface area contributed by atoms with Gasteiger partial charge in [-0.05, 0) is 36.4 Å². The lowest BCUT2D eigenvalue weighted by Crippen LogP contribution is -2.30. The Hall–Kier alpha value is -1.64. The number of rotatable bonds is 6. The van der Waals surface area contributed by atoms with Crippen molar-refractivity contribution in [3.8, 4) is 0 Å². The van der Waals surface area contributed by atoms with Crippen LogP contribution >= 0.6 is 15.9 Å². The van der Waals surface area contributed by atoms with E-state index in [1.807, 2.05) is 0 Å². The standard InChI is InChI=1S/C13H12BrNO5S/c14-9-3-5-10(6-4-9)21(18,19)15-11(8-13(16)17)12-2-1-7-20-12/h1-7,11,15H,8H2,(H,16,17)/t11-/m0/s1. The number of carbonyl (C=O) groups is 1. The molecule has 1 atom stereocenters. The highest BCUT2D eigenvalue weighted by atomic mass is 79.9. The van der Waals surface area contributed by atoms with Crippen molar-refractivity contribution in [3.05, 3.63) is 52.9 Å². The van der Waals surface area contributed by atoms with Gasteiger partial charge in [-0.25, -0.2) is 8.42 Å². The lowest BCUT2D eigenvalue weighted by molar-refractivity contribution is -0.137. The topological polar surface area (TPSA) is 96.6 Å². The number of benzene rings is 1. The third kappa shape index (κ3) is 4.16. The van der Waals surface area contributed by atoms with Gasteiger partial charge < -0.3 is 9.52 Å². The van der Waals surface area contributed by atoms with Crippen LogP contribution in [0, 0.1) is 0 Å². The summed E-state index contributed by atoms with van der Waals surface area (Å²) >= 11 is 3.22. The molecule has 2 rings (SSSR count). The molecule has 0 aliphatic heterocycles. The number of carboxylic acids is 1. The molecule has 1 aromatic carbocycles. The van der Waals surface area contributed by atoms with Crippen molar-refractivity contribution in [2.24, 2.45) is 0 Å². The number of sulfonamides is 1. The van der Waals surface area contributed by atoms with E-state index in [0.29, 0.717) is 0 Å². The number of hydrogen-bond acceptors (Lipinski definition) is 4. The molecule has 0 bridgehead atoms. The van der Waals surface area contributed by atoms with Gasteiger partial charge in [0.15, 0.2) is 0 Å². The monoisotopic (exact) mass is 373 g/mol. The highest BCUT2D eigenvalue weighted by Crippen LogP contribution is 2.22. The zero-order chi connectivity index (χ0) is 15.5. The van der Waals surface area contributed by atoms with Crippen molar-refractivity contribution in [2.75, 3.05) is 0 Å². The zero-order valence-electron chi connectivity index (χ0n) is 10.7. The third-order valence-electron chi connectivity index (χ3n) is 2.69. The molecule has 0 saturated heterocycles. The number of halogens is 1. The van der Waals surface area contributed by atoms with Gasteiger partial charge in [-0.2, -0.15) is 4.72 Å². The first kappa shape index (κ1) is 15.7. The molecule has 0 saturated carbocycles. The van der Waals surface area contributed by atoms with Gasteiger partial charge in [0.1, 0.15) is 5.76 Å². The van der Waals surface area contributed by atoms with E-state index in [4.69, 9.17) is 9.52 Å². The normalized spacial score (nSPS) is 13.0. The average molecular weight is 374 g/mol. The molecule has 21 heavy (non-hydrogen) atoms. The van der Waals surface area contributed by atoms with Gasteiger partial charge in [-0.15, -0.1) is 0 Å². The fourth-order valence-electron chi connectivity index (χ4n) is 1.73. The minimum atomic E-state index is -3.84. The summed E-state index contributed by atoms with van der Waals surface area (Å²) in [4.78, 5) is 10.9. The number of furan rings is 1. The Labute approximate surface area is 130 Å². The lowest BCUT2D eigenvalue weighted by atomic mass is 10.2. The smallest absolute Gasteiger partial charge is 0.305 e. The van der Waals surface area contributed by atoms with Crippen molar-refractivity contribution in [3.63, 3.8) is 0 Å². The van der Waals surface area contributed by atoms with Gasteiger partial charge in [0, 0.05) is 4.47 Å². The summed E-state index contributed by atoms with van der Waals surface area (Å²) in [5.41, 5.74) is 0. The van der Waals surface area contributed by atoms with E-state index < -0.39 is 28.5 Å². The largest absolute Gasteiger partial charge is 0.481 e. The third-order valence-corrected chi connectivity index (χ3v) is 4.70. The molecule has 0 fully saturated rings. The molecule has 0 unspecified atom stereocenters. The summed E-state index contributed by atoms with van der Waals surface area (Å²) in [6, 6.07) is 8.15. The van der Waals surface area contributed by atoms with Crippen molar-refractivity contribution < 1.29 is 22.7 Å². The van der Waals surface area contributed by atoms with E-state index in [-0.39, 0.29) is 10.7 Å². The van der Waals surface area contributed by atoms with E-state index in [9.17, 15) is 13.2 Å².